The lowest BCUT2D eigenvalue weighted by Crippen LogP contribution is -2.30. The predicted octanol–water partition coefficient (Wildman–Crippen LogP) is 3.15. The zero-order valence-electron chi connectivity index (χ0n) is 16.3. The van der Waals surface area contributed by atoms with Crippen molar-refractivity contribution in [2.75, 3.05) is 25.3 Å². The van der Waals surface area contributed by atoms with Gasteiger partial charge in [0.25, 0.3) is 5.91 Å². The highest BCUT2D eigenvalue weighted by molar-refractivity contribution is 5.95. The second-order valence-electron chi connectivity index (χ2n) is 6.19. The van der Waals surface area contributed by atoms with Gasteiger partial charge in [0.15, 0.2) is 17.6 Å². The summed E-state index contributed by atoms with van der Waals surface area (Å²) < 4.78 is 26.5. The van der Waals surface area contributed by atoms with Gasteiger partial charge < -0.3 is 29.0 Å². The smallest absolute Gasteiger partial charge is 0.310 e. The summed E-state index contributed by atoms with van der Waals surface area (Å²) in [6, 6.07) is 12.1. The van der Waals surface area contributed by atoms with Gasteiger partial charge in [-0.3, -0.25) is 9.59 Å². The van der Waals surface area contributed by atoms with Gasteiger partial charge in [0, 0.05) is 11.8 Å². The molecular weight excluding hydrogens is 378 g/mol. The number of nitrogens with one attached hydrogen (secondary N) is 1. The molecule has 2 aromatic carbocycles. The lowest BCUT2D eigenvalue weighted by Gasteiger charge is -2.14. The van der Waals surface area contributed by atoms with E-state index in [9.17, 15) is 9.59 Å². The minimum absolute atomic E-state index is 0.0227. The van der Waals surface area contributed by atoms with Gasteiger partial charge in [0.1, 0.15) is 11.5 Å². The second-order valence-corrected chi connectivity index (χ2v) is 6.19. The molecule has 8 nitrogen and oxygen atoms in total. The highest BCUT2D eigenvalue weighted by Crippen LogP contribution is 2.34. The molecule has 8 heteroatoms. The van der Waals surface area contributed by atoms with Crippen LogP contribution in [-0.2, 0) is 14.3 Å². The molecule has 1 aliphatic heterocycles. The van der Waals surface area contributed by atoms with Crippen molar-refractivity contribution < 1.29 is 33.3 Å². The third-order valence-corrected chi connectivity index (χ3v) is 4.03. The molecule has 1 atom stereocenters. The molecule has 0 bridgehead atoms. The van der Waals surface area contributed by atoms with Crippen LogP contribution >= 0.6 is 0 Å². The number of carbonyl (C=O) groups is 2. The Morgan fingerprint density at radius 1 is 1.03 bits per heavy atom. The highest BCUT2D eigenvalue weighted by Gasteiger charge is 2.19. The number of hydrogen-bond donors (Lipinski definition) is 1. The highest BCUT2D eigenvalue weighted by atomic mass is 16.7. The number of anilines is 1. The fraction of sp³-hybridized carbons (Fsp3) is 0.333. The average molecular weight is 401 g/mol. The summed E-state index contributed by atoms with van der Waals surface area (Å²) in [6.07, 6.45) is -0.923. The lowest BCUT2D eigenvalue weighted by atomic mass is 10.2. The third-order valence-electron chi connectivity index (χ3n) is 4.03. The van der Waals surface area contributed by atoms with E-state index in [1.807, 2.05) is 6.92 Å². The molecule has 0 spiro atoms. The first-order valence-electron chi connectivity index (χ1n) is 9.31. The molecule has 1 N–H and O–H groups in total. The standard InChI is InChI=1S/C21H23NO7/c1-3-25-16-5-7-17(8-6-16)26-11-10-20(23)29-14(2)21(24)22-15-4-9-18-19(12-15)28-13-27-18/h4-9,12,14H,3,10-11,13H2,1-2H3,(H,22,24). The SMILES string of the molecule is CCOc1ccc(OCCC(=O)OC(C)C(=O)Nc2ccc3c(c2)OCO3)cc1. The number of hydrogen-bond acceptors (Lipinski definition) is 7. The van der Waals surface area contributed by atoms with Gasteiger partial charge >= 0.3 is 5.97 Å². The van der Waals surface area contributed by atoms with Crippen LogP contribution in [0.15, 0.2) is 42.5 Å². The van der Waals surface area contributed by atoms with Gasteiger partial charge in [-0.1, -0.05) is 0 Å². The molecule has 1 unspecified atom stereocenters. The number of benzene rings is 2. The summed E-state index contributed by atoms with van der Waals surface area (Å²) >= 11 is 0. The Kier molecular flexibility index (Phi) is 6.78. The van der Waals surface area contributed by atoms with Crippen LogP contribution in [0.2, 0.25) is 0 Å². The Labute approximate surface area is 168 Å². The Bertz CT molecular complexity index is 851. The molecule has 1 amide bonds. The molecule has 0 saturated heterocycles. The van der Waals surface area contributed by atoms with Crippen LogP contribution < -0.4 is 24.3 Å². The van der Waals surface area contributed by atoms with Crippen LogP contribution in [0.5, 0.6) is 23.0 Å². The third kappa shape index (κ3) is 5.78. The first kappa shape index (κ1) is 20.3. The number of ether oxygens (including phenoxy) is 5. The summed E-state index contributed by atoms with van der Waals surface area (Å²) in [5.74, 6) is 1.58. The molecule has 0 fully saturated rings. The molecule has 0 aliphatic carbocycles. The zero-order chi connectivity index (χ0) is 20.6. The lowest BCUT2D eigenvalue weighted by molar-refractivity contribution is -0.153. The minimum atomic E-state index is -0.946. The monoisotopic (exact) mass is 401 g/mol. The number of fused-ring (bicyclic) bond motifs is 1. The topological polar surface area (TPSA) is 92.3 Å². The van der Waals surface area contributed by atoms with Crippen LogP contribution in [0.3, 0.4) is 0 Å². The molecule has 0 radical (unpaired) electrons. The number of rotatable bonds is 9. The van der Waals surface area contributed by atoms with Gasteiger partial charge in [-0.25, -0.2) is 0 Å². The number of carbonyl (C=O) groups excluding carboxylic acids is 2. The van der Waals surface area contributed by atoms with Crippen LogP contribution in [0.25, 0.3) is 0 Å². The summed E-state index contributed by atoms with van der Waals surface area (Å²) in [4.78, 5) is 24.2. The van der Waals surface area contributed by atoms with Crippen molar-refractivity contribution in [1.82, 2.24) is 0 Å². The van der Waals surface area contributed by atoms with Crippen molar-refractivity contribution in [1.29, 1.82) is 0 Å². The van der Waals surface area contributed by atoms with Gasteiger partial charge in [0.05, 0.1) is 19.6 Å². The number of esters is 1. The second kappa shape index (κ2) is 9.68. The van der Waals surface area contributed by atoms with E-state index < -0.39 is 18.0 Å². The largest absolute Gasteiger partial charge is 0.494 e. The Balaban J connectivity index is 1.39. The van der Waals surface area contributed by atoms with E-state index in [2.05, 4.69) is 5.32 Å². The molecule has 0 saturated carbocycles. The quantitative estimate of drug-likeness (QED) is 0.645. The Morgan fingerprint density at radius 2 is 1.72 bits per heavy atom. The Morgan fingerprint density at radius 3 is 2.45 bits per heavy atom. The first-order chi connectivity index (χ1) is 14.0. The van der Waals surface area contributed by atoms with Crippen LogP contribution in [0.1, 0.15) is 20.3 Å². The van der Waals surface area contributed by atoms with Crippen molar-refractivity contribution in [3.8, 4) is 23.0 Å². The van der Waals surface area contributed by atoms with Crippen LogP contribution in [0, 0.1) is 0 Å². The van der Waals surface area contributed by atoms with E-state index in [4.69, 9.17) is 23.7 Å². The number of amides is 1. The molecular formula is C21H23NO7. The van der Waals surface area contributed by atoms with E-state index in [1.165, 1.54) is 6.92 Å². The van der Waals surface area contributed by atoms with Gasteiger partial charge in [-0.05, 0) is 50.2 Å². The molecule has 1 aliphatic rings. The molecule has 1 heterocycles. The van der Waals surface area contributed by atoms with Crippen molar-refractivity contribution in [3.63, 3.8) is 0 Å². The fourth-order valence-electron chi connectivity index (χ4n) is 2.58. The molecule has 3 rings (SSSR count). The van der Waals surface area contributed by atoms with E-state index in [0.29, 0.717) is 29.5 Å². The van der Waals surface area contributed by atoms with Gasteiger partial charge in [0.2, 0.25) is 6.79 Å². The van der Waals surface area contributed by atoms with Crippen molar-refractivity contribution in [2.45, 2.75) is 26.4 Å². The van der Waals surface area contributed by atoms with Crippen molar-refractivity contribution >= 4 is 17.6 Å². The maximum Gasteiger partial charge on any atom is 0.310 e. The van der Waals surface area contributed by atoms with Crippen molar-refractivity contribution in [2.24, 2.45) is 0 Å². The minimum Gasteiger partial charge on any atom is -0.494 e. The van der Waals surface area contributed by atoms with Gasteiger partial charge in [-0.15, -0.1) is 0 Å². The van der Waals surface area contributed by atoms with Crippen LogP contribution in [0.4, 0.5) is 5.69 Å². The van der Waals surface area contributed by atoms with E-state index in [1.54, 1.807) is 42.5 Å². The average Bonchev–Trinajstić information content (AvgIpc) is 3.17. The van der Waals surface area contributed by atoms with E-state index in [-0.39, 0.29) is 19.8 Å². The van der Waals surface area contributed by atoms with Crippen molar-refractivity contribution in [3.05, 3.63) is 42.5 Å². The molecule has 0 aromatic heterocycles. The molecule has 29 heavy (non-hydrogen) atoms. The molecule has 154 valence electrons. The summed E-state index contributed by atoms with van der Waals surface area (Å²) in [5, 5.41) is 2.68. The summed E-state index contributed by atoms with van der Waals surface area (Å²) in [5.41, 5.74) is 0.529. The zero-order valence-corrected chi connectivity index (χ0v) is 16.3. The van der Waals surface area contributed by atoms with E-state index >= 15 is 0 Å². The van der Waals surface area contributed by atoms with Gasteiger partial charge in [-0.2, -0.15) is 0 Å². The summed E-state index contributed by atoms with van der Waals surface area (Å²) in [7, 11) is 0. The van der Waals surface area contributed by atoms with Crippen LogP contribution in [-0.4, -0.2) is 38.0 Å². The normalized spacial score (nSPS) is 12.8. The maximum atomic E-state index is 12.2. The molecule has 2 aromatic rings. The Hall–Kier alpha value is -3.42. The predicted molar refractivity (Wildman–Crippen MR) is 104 cm³/mol. The first-order valence-corrected chi connectivity index (χ1v) is 9.31. The fourth-order valence-corrected chi connectivity index (χ4v) is 2.58. The maximum absolute atomic E-state index is 12.2. The summed E-state index contributed by atoms with van der Waals surface area (Å²) in [6.45, 7) is 4.30. The van der Waals surface area contributed by atoms with E-state index in [0.717, 1.165) is 5.75 Å².